The van der Waals surface area contributed by atoms with E-state index in [0.717, 1.165) is 28.9 Å². The Hall–Kier alpha value is -2.36. The number of rotatable bonds is 2. The van der Waals surface area contributed by atoms with Crippen LogP contribution in [0.4, 0.5) is 0 Å². The molecule has 3 rings (SSSR count). The second kappa shape index (κ2) is 4.39. The van der Waals surface area contributed by atoms with Crippen LogP contribution in [-0.2, 0) is 0 Å². The number of carbonyl (C=O) groups is 1. The summed E-state index contributed by atoms with van der Waals surface area (Å²) in [6.45, 7) is 2.05. The Morgan fingerprint density at radius 3 is 2.95 bits per heavy atom. The van der Waals surface area contributed by atoms with E-state index in [9.17, 15) is 4.79 Å². The van der Waals surface area contributed by atoms with Crippen LogP contribution in [0, 0.1) is 0 Å². The third-order valence-corrected chi connectivity index (χ3v) is 3.40. The van der Waals surface area contributed by atoms with Gasteiger partial charge in [-0.1, -0.05) is 13.0 Å². The van der Waals surface area contributed by atoms with E-state index in [0.29, 0.717) is 5.56 Å². The molecule has 1 amide bonds. The van der Waals surface area contributed by atoms with E-state index in [-0.39, 0.29) is 6.10 Å². The van der Waals surface area contributed by atoms with Crippen molar-refractivity contribution in [2.24, 2.45) is 5.73 Å². The van der Waals surface area contributed by atoms with Gasteiger partial charge in [0.25, 0.3) is 0 Å². The Labute approximate surface area is 111 Å². The molecule has 1 atom stereocenters. The zero-order chi connectivity index (χ0) is 13.4. The SMILES string of the molecule is CCC1Oc2cnccc2-c2ccc(C(N)=O)cc21. The van der Waals surface area contributed by atoms with Crippen molar-refractivity contribution in [1.29, 1.82) is 0 Å². The van der Waals surface area contributed by atoms with E-state index < -0.39 is 5.91 Å². The monoisotopic (exact) mass is 254 g/mol. The summed E-state index contributed by atoms with van der Waals surface area (Å²) in [6, 6.07) is 7.43. The number of hydrogen-bond donors (Lipinski definition) is 1. The summed E-state index contributed by atoms with van der Waals surface area (Å²) >= 11 is 0. The minimum atomic E-state index is -0.418. The first-order valence-corrected chi connectivity index (χ1v) is 6.25. The van der Waals surface area contributed by atoms with Crippen molar-refractivity contribution in [2.75, 3.05) is 0 Å². The highest BCUT2D eigenvalue weighted by atomic mass is 16.5. The van der Waals surface area contributed by atoms with Crippen molar-refractivity contribution in [3.05, 3.63) is 47.8 Å². The second-order valence-corrected chi connectivity index (χ2v) is 4.55. The number of amides is 1. The molecule has 19 heavy (non-hydrogen) atoms. The fourth-order valence-corrected chi connectivity index (χ4v) is 2.44. The van der Waals surface area contributed by atoms with Gasteiger partial charge in [-0.25, -0.2) is 0 Å². The first-order valence-electron chi connectivity index (χ1n) is 6.25. The first kappa shape index (κ1) is 11.7. The number of benzene rings is 1. The number of pyridine rings is 1. The number of primary amides is 1. The van der Waals surface area contributed by atoms with Crippen LogP contribution in [0.1, 0.15) is 35.4 Å². The van der Waals surface area contributed by atoms with Crippen LogP contribution in [-0.4, -0.2) is 10.9 Å². The molecule has 0 bridgehead atoms. The quantitative estimate of drug-likeness (QED) is 0.896. The van der Waals surface area contributed by atoms with Crippen LogP contribution in [0.15, 0.2) is 36.7 Å². The van der Waals surface area contributed by atoms with Gasteiger partial charge in [0.2, 0.25) is 5.91 Å². The summed E-state index contributed by atoms with van der Waals surface area (Å²) in [7, 11) is 0. The maximum absolute atomic E-state index is 11.3. The molecule has 1 aromatic heterocycles. The summed E-state index contributed by atoms with van der Waals surface area (Å²) in [5, 5.41) is 0. The van der Waals surface area contributed by atoms with Gasteiger partial charge in [-0.3, -0.25) is 9.78 Å². The number of fused-ring (bicyclic) bond motifs is 3. The summed E-state index contributed by atoms with van der Waals surface area (Å²) < 4.78 is 5.93. The van der Waals surface area contributed by atoms with Crippen LogP contribution >= 0.6 is 0 Å². The lowest BCUT2D eigenvalue weighted by Crippen LogP contribution is -2.16. The molecule has 1 unspecified atom stereocenters. The van der Waals surface area contributed by atoms with Crippen molar-refractivity contribution in [1.82, 2.24) is 4.98 Å². The smallest absolute Gasteiger partial charge is 0.248 e. The van der Waals surface area contributed by atoms with Gasteiger partial charge in [-0.2, -0.15) is 0 Å². The van der Waals surface area contributed by atoms with Crippen molar-refractivity contribution >= 4 is 5.91 Å². The average molecular weight is 254 g/mol. The largest absolute Gasteiger partial charge is 0.483 e. The van der Waals surface area contributed by atoms with Crippen molar-refractivity contribution < 1.29 is 9.53 Å². The maximum atomic E-state index is 11.3. The van der Waals surface area contributed by atoms with Gasteiger partial charge in [-0.05, 0) is 30.2 Å². The Morgan fingerprint density at radius 2 is 2.21 bits per heavy atom. The van der Waals surface area contributed by atoms with Gasteiger partial charge in [0, 0.05) is 22.9 Å². The van der Waals surface area contributed by atoms with E-state index in [4.69, 9.17) is 10.5 Å². The molecule has 0 saturated heterocycles. The highest BCUT2D eigenvalue weighted by molar-refractivity contribution is 5.94. The molecule has 0 saturated carbocycles. The van der Waals surface area contributed by atoms with Crippen LogP contribution in [0.3, 0.4) is 0 Å². The van der Waals surface area contributed by atoms with Gasteiger partial charge in [0.05, 0.1) is 6.20 Å². The van der Waals surface area contributed by atoms with Crippen LogP contribution in [0.2, 0.25) is 0 Å². The molecule has 4 heteroatoms. The highest BCUT2D eigenvalue weighted by Gasteiger charge is 2.25. The average Bonchev–Trinajstić information content (AvgIpc) is 2.45. The number of nitrogens with two attached hydrogens (primary N) is 1. The predicted octanol–water partition coefficient (Wildman–Crippen LogP) is 2.69. The normalized spacial score (nSPS) is 16.2. The molecule has 0 aliphatic carbocycles. The van der Waals surface area contributed by atoms with Crippen molar-refractivity contribution in [3.63, 3.8) is 0 Å². The number of ether oxygens (including phenoxy) is 1. The molecular formula is C15H14N2O2. The summed E-state index contributed by atoms with van der Waals surface area (Å²) in [5.41, 5.74) is 8.95. The summed E-state index contributed by atoms with van der Waals surface area (Å²) in [4.78, 5) is 15.4. The van der Waals surface area contributed by atoms with Gasteiger partial charge in [-0.15, -0.1) is 0 Å². The zero-order valence-corrected chi connectivity index (χ0v) is 10.6. The highest BCUT2D eigenvalue weighted by Crippen LogP contribution is 2.43. The van der Waals surface area contributed by atoms with Crippen LogP contribution in [0.25, 0.3) is 11.1 Å². The second-order valence-electron chi connectivity index (χ2n) is 4.55. The van der Waals surface area contributed by atoms with Crippen LogP contribution < -0.4 is 10.5 Å². The summed E-state index contributed by atoms with van der Waals surface area (Å²) in [5.74, 6) is 0.367. The van der Waals surface area contributed by atoms with Gasteiger partial charge < -0.3 is 10.5 Å². The molecule has 0 spiro atoms. The lowest BCUT2D eigenvalue weighted by Gasteiger charge is -2.28. The Kier molecular flexibility index (Phi) is 2.71. The lowest BCUT2D eigenvalue weighted by atomic mass is 9.91. The molecule has 1 aromatic carbocycles. The van der Waals surface area contributed by atoms with Crippen LogP contribution in [0.5, 0.6) is 5.75 Å². The fraction of sp³-hybridized carbons (Fsp3) is 0.200. The minimum absolute atomic E-state index is 0.0639. The lowest BCUT2D eigenvalue weighted by molar-refractivity contribution is 0.1000. The maximum Gasteiger partial charge on any atom is 0.248 e. The fourth-order valence-electron chi connectivity index (χ4n) is 2.44. The number of carbonyl (C=O) groups excluding carboxylic acids is 1. The molecule has 0 fully saturated rings. The molecule has 0 radical (unpaired) electrons. The first-order chi connectivity index (χ1) is 9.20. The number of aromatic nitrogens is 1. The Bertz CT molecular complexity index is 652. The number of nitrogens with zero attached hydrogens (tertiary/aromatic N) is 1. The Morgan fingerprint density at radius 1 is 1.37 bits per heavy atom. The molecule has 2 N–H and O–H groups in total. The third kappa shape index (κ3) is 1.85. The summed E-state index contributed by atoms with van der Waals surface area (Å²) in [6.07, 6.45) is 4.22. The van der Waals surface area contributed by atoms with Gasteiger partial charge in [0.1, 0.15) is 11.9 Å². The zero-order valence-electron chi connectivity index (χ0n) is 10.6. The molecule has 2 aromatic rings. The predicted molar refractivity (Wildman–Crippen MR) is 71.9 cm³/mol. The topological polar surface area (TPSA) is 65.2 Å². The van der Waals surface area contributed by atoms with E-state index >= 15 is 0 Å². The Balaban J connectivity index is 2.22. The van der Waals surface area contributed by atoms with Gasteiger partial charge >= 0.3 is 0 Å². The molecule has 1 aliphatic rings. The molecular weight excluding hydrogens is 240 g/mol. The molecule has 2 heterocycles. The van der Waals surface area contributed by atoms with E-state index in [1.165, 1.54) is 0 Å². The van der Waals surface area contributed by atoms with Gasteiger partial charge in [0.15, 0.2) is 0 Å². The number of hydrogen-bond acceptors (Lipinski definition) is 3. The van der Waals surface area contributed by atoms with E-state index in [1.807, 2.05) is 25.1 Å². The minimum Gasteiger partial charge on any atom is -0.483 e. The molecule has 4 nitrogen and oxygen atoms in total. The van der Waals surface area contributed by atoms with E-state index in [2.05, 4.69) is 4.98 Å². The third-order valence-electron chi connectivity index (χ3n) is 3.40. The van der Waals surface area contributed by atoms with E-state index in [1.54, 1.807) is 18.5 Å². The molecule has 96 valence electrons. The molecule has 1 aliphatic heterocycles. The standard InChI is InChI=1S/C15H14N2O2/c1-2-13-12-7-9(15(16)18)3-4-10(12)11-5-6-17-8-14(11)19-13/h3-8,13H,2H2,1H3,(H2,16,18). The van der Waals surface area contributed by atoms with Crippen molar-refractivity contribution in [3.8, 4) is 16.9 Å². The van der Waals surface area contributed by atoms with Crippen molar-refractivity contribution in [2.45, 2.75) is 19.4 Å².